The molecule has 0 atom stereocenters. The zero-order valence-corrected chi connectivity index (χ0v) is 15.7. The number of hydrogen-bond acceptors (Lipinski definition) is 5. The second-order valence-electron chi connectivity index (χ2n) is 6.55. The van der Waals surface area contributed by atoms with Crippen molar-refractivity contribution >= 4 is 11.6 Å². The fourth-order valence-electron chi connectivity index (χ4n) is 2.60. The van der Waals surface area contributed by atoms with Crippen molar-refractivity contribution in [1.82, 2.24) is 10.2 Å². The molecule has 0 unspecified atom stereocenters. The summed E-state index contributed by atoms with van der Waals surface area (Å²) >= 11 is 0. The molecule has 1 aromatic heterocycles. The average molecular weight is 365 g/mol. The lowest BCUT2D eigenvalue weighted by Crippen LogP contribution is -2.12. The van der Waals surface area contributed by atoms with Gasteiger partial charge >= 0.3 is 0 Å². The molecular formula is C21H23N3O3. The molecule has 0 aliphatic heterocycles. The Bertz CT molecular complexity index is 884. The number of nitrogens with zero attached hydrogens (tertiary/aromatic N) is 2. The lowest BCUT2D eigenvalue weighted by molar-refractivity contribution is -0.116. The minimum atomic E-state index is -0.0866. The summed E-state index contributed by atoms with van der Waals surface area (Å²) in [7, 11) is 1.61. The fourth-order valence-corrected chi connectivity index (χ4v) is 2.60. The van der Waals surface area contributed by atoms with E-state index in [1.165, 1.54) is 5.56 Å². The van der Waals surface area contributed by atoms with Gasteiger partial charge in [0.15, 0.2) is 0 Å². The highest BCUT2D eigenvalue weighted by atomic mass is 16.5. The molecule has 0 aliphatic rings. The molecule has 0 fully saturated rings. The number of nitrogens with one attached hydrogen (secondary N) is 1. The van der Waals surface area contributed by atoms with E-state index in [4.69, 9.17) is 9.15 Å². The second-order valence-corrected chi connectivity index (χ2v) is 6.55. The van der Waals surface area contributed by atoms with Crippen molar-refractivity contribution in [2.45, 2.75) is 32.6 Å². The monoisotopic (exact) mass is 365 g/mol. The van der Waals surface area contributed by atoms with E-state index >= 15 is 0 Å². The Kier molecular flexibility index (Phi) is 5.86. The molecule has 6 heteroatoms. The van der Waals surface area contributed by atoms with Crippen LogP contribution in [0.3, 0.4) is 0 Å². The van der Waals surface area contributed by atoms with E-state index in [0.717, 1.165) is 17.0 Å². The van der Waals surface area contributed by atoms with Crippen molar-refractivity contribution in [3.63, 3.8) is 0 Å². The van der Waals surface area contributed by atoms with Gasteiger partial charge in [0.1, 0.15) is 5.75 Å². The highest BCUT2D eigenvalue weighted by Gasteiger charge is 2.11. The van der Waals surface area contributed by atoms with Crippen molar-refractivity contribution < 1.29 is 13.9 Å². The van der Waals surface area contributed by atoms with Crippen molar-refractivity contribution in [1.29, 1.82) is 0 Å². The van der Waals surface area contributed by atoms with Crippen LogP contribution in [0.5, 0.6) is 5.75 Å². The number of anilines is 1. The highest BCUT2D eigenvalue weighted by molar-refractivity contribution is 5.90. The fraction of sp³-hybridized carbons (Fsp3) is 0.286. The number of carbonyl (C=O) groups is 1. The van der Waals surface area contributed by atoms with Crippen molar-refractivity contribution in [3.8, 4) is 17.2 Å². The maximum absolute atomic E-state index is 12.1. The van der Waals surface area contributed by atoms with Crippen LogP contribution in [0.15, 0.2) is 52.9 Å². The number of aryl methyl sites for hydroxylation is 1. The number of carbonyl (C=O) groups excluding carboxylic acids is 1. The third-order valence-corrected chi connectivity index (χ3v) is 4.23. The highest BCUT2D eigenvalue weighted by Crippen LogP contribution is 2.22. The summed E-state index contributed by atoms with van der Waals surface area (Å²) in [5.41, 5.74) is 2.84. The Morgan fingerprint density at radius 3 is 2.41 bits per heavy atom. The van der Waals surface area contributed by atoms with Crippen LogP contribution < -0.4 is 10.1 Å². The summed E-state index contributed by atoms with van der Waals surface area (Å²) < 4.78 is 10.8. The van der Waals surface area contributed by atoms with Gasteiger partial charge in [-0.2, -0.15) is 0 Å². The van der Waals surface area contributed by atoms with Gasteiger partial charge in [-0.15, -0.1) is 10.2 Å². The molecule has 1 heterocycles. The molecule has 0 bridgehead atoms. The minimum absolute atomic E-state index is 0.0866. The van der Waals surface area contributed by atoms with E-state index < -0.39 is 0 Å². The molecule has 6 nitrogen and oxygen atoms in total. The summed E-state index contributed by atoms with van der Waals surface area (Å²) in [4.78, 5) is 12.1. The van der Waals surface area contributed by atoms with Crippen molar-refractivity contribution in [3.05, 3.63) is 60.0 Å². The van der Waals surface area contributed by atoms with Gasteiger partial charge in [-0.25, -0.2) is 0 Å². The van der Waals surface area contributed by atoms with E-state index in [-0.39, 0.29) is 12.3 Å². The van der Waals surface area contributed by atoms with Gasteiger partial charge in [0.25, 0.3) is 0 Å². The maximum atomic E-state index is 12.1. The third kappa shape index (κ3) is 4.94. The van der Waals surface area contributed by atoms with Crippen LogP contribution in [0.4, 0.5) is 5.69 Å². The number of amides is 1. The molecule has 3 aromatic rings. The van der Waals surface area contributed by atoms with Crippen molar-refractivity contribution in [2.24, 2.45) is 0 Å². The molecule has 0 spiro atoms. The largest absolute Gasteiger partial charge is 0.497 e. The van der Waals surface area contributed by atoms with Crippen LogP contribution in [0.25, 0.3) is 11.5 Å². The van der Waals surface area contributed by atoms with Gasteiger partial charge in [-0.3, -0.25) is 4.79 Å². The molecule has 0 radical (unpaired) electrons. The summed E-state index contributed by atoms with van der Waals surface area (Å²) in [6.45, 7) is 4.27. The first-order valence-corrected chi connectivity index (χ1v) is 8.92. The number of aromatic nitrogens is 2. The first kappa shape index (κ1) is 18.6. The number of ether oxygens (including phenoxy) is 1. The van der Waals surface area contributed by atoms with Gasteiger partial charge in [0.05, 0.1) is 7.11 Å². The quantitative estimate of drug-likeness (QED) is 0.670. The molecule has 0 aliphatic carbocycles. The van der Waals surface area contributed by atoms with Gasteiger partial charge < -0.3 is 14.5 Å². The van der Waals surface area contributed by atoms with Crippen molar-refractivity contribution in [2.75, 3.05) is 12.4 Å². The third-order valence-electron chi connectivity index (χ3n) is 4.23. The minimum Gasteiger partial charge on any atom is -0.497 e. The standard InChI is InChI=1S/C21H23N3O3/c1-14(2)15-4-8-17(9-5-15)22-19(25)12-13-20-23-24-21(27-20)16-6-10-18(26-3)11-7-16/h4-11,14H,12-13H2,1-3H3,(H,22,25). The second kappa shape index (κ2) is 8.49. The molecular weight excluding hydrogens is 342 g/mol. The smallest absolute Gasteiger partial charge is 0.247 e. The summed E-state index contributed by atoms with van der Waals surface area (Å²) in [6.07, 6.45) is 0.662. The lowest BCUT2D eigenvalue weighted by Gasteiger charge is -2.08. The Labute approximate surface area is 158 Å². The van der Waals surface area contributed by atoms with E-state index in [9.17, 15) is 4.79 Å². The average Bonchev–Trinajstić information content (AvgIpc) is 3.16. The van der Waals surface area contributed by atoms with Crippen LogP contribution in [0.2, 0.25) is 0 Å². The number of benzene rings is 2. The zero-order chi connectivity index (χ0) is 19.2. The number of rotatable bonds is 7. The predicted molar refractivity (Wildman–Crippen MR) is 104 cm³/mol. The van der Waals surface area contributed by atoms with Crippen LogP contribution in [-0.4, -0.2) is 23.2 Å². The van der Waals surface area contributed by atoms with Crippen LogP contribution in [-0.2, 0) is 11.2 Å². The molecule has 1 N–H and O–H groups in total. The van der Waals surface area contributed by atoms with Gasteiger partial charge in [0.2, 0.25) is 17.7 Å². The number of hydrogen-bond donors (Lipinski definition) is 1. The van der Waals surface area contributed by atoms with Crippen LogP contribution >= 0.6 is 0 Å². The lowest BCUT2D eigenvalue weighted by atomic mass is 10.0. The summed E-state index contributed by atoms with van der Waals surface area (Å²) in [5, 5.41) is 10.9. The van der Waals surface area contributed by atoms with Gasteiger partial charge in [-0.1, -0.05) is 26.0 Å². The summed E-state index contributed by atoms with van der Waals surface area (Å²) in [5.74, 6) is 2.00. The molecule has 0 saturated carbocycles. The maximum Gasteiger partial charge on any atom is 0.247 e. The van der Waals surface area contributed by atoms with Gasteiger partial charge in [0, 0.05) is 24.1 Å². The topological polar surface area (TPSA) is 77.2 Å². The van der Waals surface area contributed by atoms with Gasteiger partial charge in [-0.05, 0) is 47.9 Å². The molecule has 140 valence electrons. The molecule has 27 heavy (non-hydrogen) atoms. The van der Waals surface area contributed by atoms with Crippen LogP contribution in [0.1, 0.15) is 37.6 Å². The zero-order valence-electron chi connectivity index (χ0n) is 15.7. The Hall–Kier alpha value is -3.15. The first-order chi connectivity index (χ1) is 13.0. The predicted octanol–water partition coefficient (Wildman–Crippen LogP) is 4.44. The first-order valence-electron chi connectivity index (χ1n) is 8.92. The Balaban J connectivity index is 1.53. The molecule has 1 amide bonds. The van der Waals surface area contributed by atoms with E-state index in [0.29, 0.717) is 24.1 Å². The van der Waals surface area contributed by atoms with E-state index in [1.807, 2.05) is 48.5 Å². The molecule has 3 rings (SSSR count). The van der Waals surface area contributed by atoms with E-state index in [1.54, 1.807) is 7.11 Å². The van der Waals surface area contributed by atoms with E-state index in [2.05, 4.69) is 29.4 Å². The van der Waals surface area contributed by atoms with Crippen LogP contribution in [0, 0.1) is 0 Å². The Morgan fingerprint density at radius 2 is 1.78 bits per heavy atom. The number of methoxy groups -OCH3 is 1. The summed E-state index contributed by atoms with van der Waals surface area (Å²) in [6, 6.07) is 15.3. The molecule has 0 saturated heterocycles. The SMILES string of the molecule is COc1ccc(-c2nnc(CCC(=O)Nc3ccc(C(C)C)cc3)o2)cc1. The Morgan fingerprint density at radius 1 is 1.07 bits per heavy atom. The molecule has 2 aromatic carbocycles. The normalized spacial score (nSPS) is 10.8.